The molecule has 1 unspecified atom stereocenters. The third kappa shape index (κ3) is 4.51. The van der Waals surface area contributed by atoms with Gasteiger partial charge in [-0.25, -0.2) is 4.79 Å². The number of aryl methyl sites for hydroxylation is 1. The number of hydrogen-bond donors (Lipinski definition) is 1. The number of fused-ring (bicyclic) bond motifs is 1. The number of thiol groups is 1. The van der Waals surface area contributed by atoms with E-state index in [1.165, 1.54) is 11.5 Å². The van der Waals surface area contributed by atoms with Crippen molar-refractivity contribution in [3.8, 4) is 5.75 Å². The first-order chi connectivity index (χ1) is 14.4. The van der Waals surface area contributed by atoms with Crippen molar-refractivity contribution in [1.29, 1.82) is 0 Å². The van der Waals surface area contributed by atoms with E-state index in [0.717, 1.165) is 22.1 Å². The lowest BCUT2D eigenvalue weighted by atomic mass is 10.0. The van der Waals surface area contributed by atoms with Crippen molar-refractivity contribution < 1.29 is 9.15 Å². The maximum absolute atomic E-state index is 11.5. The van der Waals surface area contributed by atoms with Crippen molar-refractivity contribution in [2.24, 2.45) is 0 Å². The highest BCUT2D eigenvalue weighted by Crippen LogP contribution is 2.39. The first kappa shape index (κ1) is 20.9. The quantitative estimate of drug-likeness (QED) is 0.328. The number of halogens is 2. The van der Waals surface area contributed by atoms with Gasteiger partial charge >= 0.3 is 5.63 Å². The Morgan fingerprint density at radius 1 is 0.933 bits per heavy atom. The van der Waals surface area contributed by atoms with Gasteiger partial charge in [0.1, 0.15) is 12.4 Å². The third-order valence-electron chi connectivity index (χ3n) is 4.75. The van der Waals surface area contributed by atoms with Crippen LogP contribution in [-0.2, 0) is 6.61 Å². The molecule has 4 rings (SSSR count). The summed E-state index contributed by atoms with van der Waals surface area (Å²) >= 11 is 17.7. The van der Waals surface area contributed by atoms with Gasteiger partial charge in [0, 0.05) is 6.07 Å². The van der Waals surface area contributed by atoms with Crippen molar-refractivity contribution in [3.63, 3.8) is 0 Å². The minimum absolute atomic E-state index is 0.0463. The molecule has 0 bridgehead atoms. The maximum Gasteiger partial charge on any atom is 0.336 e. The molecule has 0 N–H and O–H groups in total. The molecule has 0 amide bonds. The molecule has 3 nitrogen and oxygen atoms in total. The predicted molar refractivity (Wildman–Crippen MR) is 125 cm³/mol. The normalized spacial score (nSPS) is 12.1. The number of hydrogen-bond acceptors (Lipinski definition) is 4. The fourth-order valence-corrected chi connectivity index (χ4v) is 4.25. The van der Waals surface area contributed by atoms with Gasteiger partial charge < -0.3 is 9.15 Å². The van der Waals surface area contributed by atoms with E-state index in [1.807, 2.05) is 25.1 Å². The molecule has 1 heterocycles. The summed E-state index contributed by atoms with van der Waals surface area (Å²) in [6, 6.07) is 21.1. The van der Waals surface area contributed by atoms with Crippen molar-refractivity contribution in [3.05, 3.63) is 110 Å². The van der Waals surface area contributed by atoms with Gasteiger partial charge in [-0.05, 0) is 58.7 Å². The van der Waals surface area contributed by atoms with E-state index in [9.17, 15) is 4.79 Å². The molecule has 30 heavy (non-hydrogen) atoms. The van der Waals surface area contributed by atoms with Gasteiger partial charge in [0.2, 0.25) is 0 Å². The lowest BCUT2D eigenvalue weighted by Gasteiger charge is -2.16. The average Bonchev–Trinajstić information content (AvgIpc) is 2.71. The van der Waals surface area contributed by atoms with Gasteiger partial charge in [-0.2, -0.15) is 12.6 Å². The fraction of sp³-hybridized carbons (Fsp3) is 0.125. The highest BCUT2D eigenvalue weighted by Gasteiger charge is 2.16. The Morgan fingerprint density at radius 2 is 1.63 bits per heavy atom. The summed E-state index contributed by atoms with van der Waals surface area (Å²) in [7, 11) is 0. The van der Waals surface area contributed by atoms with Crippen LogP contribution in [0.4, 0.5) is 0 Å². The van der Waals surface area contributed by atoms with Crippen LogP contribution >= 0.6 is 35.8 Å². The molecule has 1 atom stereocenters. The highest BCUT2D eigenvalue weighted by molar-refractivity contribution is 7.80. The van der Waals surface area contributed by atoms with Crippen LogP contribution in [0.25, 0.3) is 10.8 Å². The second kappa shape index (κ2) is 8.76. The Labute approximate surface area is 189 Å². The van der Waals surface area contributed by atoms with Crippen LogP contribution in [0.3, 0.4) is 0 Å². The molecule has 6 heteroatoms. The summed E-state index contributed by atoms with van der Waals surface area (Å²) in [5, 5.41) is 2.85. The largest absolute Gasteiger partial charge is 0.483 e. The summed E-state index contributed by atoms with van der Waals surface area (Å²) in [6.07, 6.45) is 0. The van der Waals surface area contributed by atoms with Crippen LogP contribution in [0.1, 0.15) is 27.7 Å². The van der Waals surface area contributed by atoms with Gasteiger partial charge in [-0.3, -0.25) is 0 Å². The molecule has 4 aromatic rings. The molecule has 0 aliphatic rings. The zero-order valence-electron chi connectivity index (χ0n) is 16.1. The molecular formula is C24H18Cl2O3S. The summed E-state index contributed by atoms with van der Waals surface area (Å²) < 4.78 is 10.9. The number of ether oxygens (including phenoxy) is 1. The van der Waals surface area contributed by atoms with Gasteiger partial charge in [0.25, 0.3) is 0 Å². The van der Waals surface area contributed by atoms with Gasteiger partial charge in [-0.1, -0.05) is 59.6 Å². The summed E-state index contributed by atoms with van der Waals surface area (Å²) in [4.78, 5) is 11.5. The van der Waals surface area contributed by atoms with Crippen molar-refractivity contribution in [2.45, 2.75) is 18.8 Å². The van der Waals surface area contributed by atoms with Gasteiger partial charge in [0.05, 0.1) is 15.3 Å². The predicted octanol–water partition coefficient (Wildman–Crippen LogP) is 7.01. The topological polar surface area (TPSA) is 39.4 Å². The van der Waals surface area contributed by atoms with Crippen LogP contribution in [0, 0.1) is 6.92 Å². The fourth-order valence-electron chi connectivity index (χ4n) is 3.33. The molecule has 0 saturated heterocycles. The van der Waals surface area contributed by atoms with Crippen LogP contribution in [0.5, 0.6) is 5.75 Å². The Kier molecular flexibility index (Phi) is 6.09. The third-order valence-corrected chi connectivity index (χ3v) is 5.91. The van der Waals surface area contributed by atoms with E-state index in [-0.39, 0.29) is 11.9 Å². The Bertz CT molecular complexity index is 1260. The summed E-state index contributed by atoms with van der Waals surface area (Å²) in [5.74, 6) is 0.740. The first-order valence-corrected chi connectivity index (χ1v) is 10.6. The van der Waals surface area contributed by atoms with Crippen molar-refractivity contribution >= 4 is 46.6 Å². The molecule has 0 radical (unpaired) electrons. The van der Waals surface area contributed by atoms with Crippen molar-refractivity contribution in [1.82, 2.24) is 0 Å². The molecule has 0 spiro atoms. The summed E-state index contributed by atoms with van der Waals surface area (Å²) in [5.41, 5.74) is 2.28. The minimum Gasteiger partial charge on any atom is -0.483 e. The van der Waals surface area contributed by atoms with Crippen LogP contribution in [0.2, 0.25) is 10.0 Å². The average molecular weight is 457 g/mol. The minimum atomic E-state index is -0.422. The Balaban J connectivity index is 1.58. The standard InChI is InChI=1S/C24H18Cl2O3S/c1-14-8-19(29-22(27)9-14)13-28-23-20(25)11-18(12-21(23)26)24(30)17-7-6-15-4-2-3-5-16(15)10-17/h2-12,24,30H,13H2,1H3. The Morgan fingerprint density at radius 3 is 2.33 bits per heavy atom. The van der Waals surface area contributed by atoms with E-state index in [1.54, 1.807) is 18.2 Å². The number of rotatable bonds is 5. The molecule has 152 valence electrons. The van der Waals surface area contributed by atoms with Crippen LogP contribution in [0.15, 0.2) is 75.9 Å². The monoisotopic (exact) mass is 456 g/mol. The lowest BCUT2D eigenvalue weighted by molar-refractivity contribution is 0.262. The van der Waals surface area contributed by atoms with E-state index >= 15 is 0 Å². The van der Waals surface area contributed by atoms with E-state index < -0.39 is 5.63 Å². The smallest absolute Gasteiger partial charge is 0.336 e. The lowest BCUT2D eigenvalue weighted by Crippen LogP contribution is -2.04. The molecule has 0 aliphatic carbocycles. The summed E-state index contributed by atoms with van der Waals surface area (Å²) in [6.45, 7) is 1.86. The van der Waals surface area contributed by atoms with Gasteiger partial charge in [-0.15, -0.1) is 0 Å². The molecule has 3 aromatic carbocycles. The van der Waals surface area contributed by atoms with Crippen molar-refractivity contribution in [2.75, 3.05) is 0 Å². The maximum atomic E-state index is 11.5. The zero-order chi connectivity index (χ0) is 21.3. The molecule has 0 fully saturated rings. The van der Waals surface area contributed by atoms with Crippen LogP contribution < -0.4 is 10.4 Å². The Hall–Kier alpha value is -2.40. The first-order valence-electron chi connectivity index (χ1n) is 9.30. The zero-order valence-corrected chi connectivity index (χ0v) is 18.5. The molecule has 0 aliphatic heterocycles. The van der Waals surface area contributed by atoms with E-state index in [0.29, 0.717) is 21.6 Å². The molecule has 0 saturated carbocycles. The highest BCUT2D eigenvalue weighted by atomic mass is 35.5. The van der Waals surface area contributed by atoms with Gasteiger partial charge in [0.15, 0.2) is 5.75 Å². The SMILES string of the molecule is Cc1cc(COc2c(Cl)cc(C(S)c3ccc4ccccc4c3)cc2Cl)oc(=O)c1. The van der Waals surface area contributed by atoms with E-state index in [4.69, 9.17) is 45.0 Å². The van der Waals surface area contributed by atoms with E-state index in [2.05, 4.69) is 24.3 Å². The second-order valence-electron chi connectivity index (χ2n) is 7.03. The second-order valence-corrected chi connectivity index (χ2v) is 8.36. The van der Waals surface area contributed by atoms with Crippen LogP contribution in [-0.4, -0.2) is 0 Å². The number of benzene rings is 3. The molecular weight excluding hydrogens is 439 g/mol. The molecule has 1 aromatic heterocycles.